The first-order chi connectivity index (χ1) is 10.1. The van der Waals surface area contributed by atoms with Gasteiger partial charge in [-0.25, -0.2) is 0 Å². The second-order valence-electron chi connectivity index (χ2n) is 4.44. The van der Waals surface area contributed by atoms with Gasteiger partial charge in [0.15, 0.2) is 6.10 Å². The smallest absolute Gasteiger partial charge is 0.265 e. The van der Waals surface area contributed by atoms with Crippen LogP contribution in [-0.2, 0) is 4.79 Å². The summed E-state index contributed by atoms with van der Waals surface area (Å²) in [6, 6.07) is 14.5. The van der Waals surface area contributed by atoms with Crippen molar-refractivity contribution in [3.8, 4) is 5.75 Å². The lowest BCUT2D eigenvalue weighted by molar-refractivity contribution is -0.122. The van der Waals surface area contributed by atoms with Crippen molar-refractivity contribution in [1.29, 1.82) is 0 Å². The number of benzene rings is 2. The Balaban J connectivity index is 2.05. The Morgan fingerprint density at radius 1 is 1.24 bits per heavy atom. The third-order valence-corrected chi connectivity index (χ3v) is 3.72. The van der Waals surface area contributed by atoms with Crippen molar-refractivity contribution in [2.24, 2.45) is 0 Å². The van der Waals surface area contributed by atoms with Crippen molar-refractivity contribution in [2.45, 2.75) is 19.4 Å². The third-order valence-electron chi connectivity index (χ3n) is 2.88. The molecule has 0 saturated carbocycles. The van der Waals surface area contributed by atoms with Crippen LogP contribution < -0.4 is 10.1 Å². The second-order valence-corrected chi connectivity index (χ2v) is 5.76. The number of anilines is 1. The summed E-state index contributed by atoms with van der Waals surface area (Å²) in [4.78, 5) is 12.3. The molecule has 0 bridgehead atoms. The summed E-state index contributed by atoms with van der Waals surface area (Å²) in [7, 11) is 0. The third kappa shape index (κ3) is 4.48. The SMILES string of the molecule is CCC(Oc1ccccc1Cl)C(=O)Nc1ccc(Br)cc1. The largest absolute Gasteiger partial charge is 0.479 e. The first kappa shape index (κ1) is 15.9. The van der Waals surface area contributed by atoms with Gasteiger partial charge in [-0.05, 0) is 42.8 Å². The van der Waals surface area contributed by atoms with E-state index in [0.717, 1.165) is 10.2 Å². The van der Waals surface area contributed by atoms with Crippen molar-refractivity contribution in [3.63, 3.8) is 0 Å². The Morgan fingerprint density at radius 2 is 1.90 bits per heavy atom. The van der Waals surface area contributed by atoms with Gasteiger partial charge in [0.2, 0.25) is 0 Å². The van der Waals surface area contributed by atoms with Gasteiger partial charge in [0.25, 0.3) is 5.91 Å². The van der Waals surface area contributed by atoms with Gasteiger partial charge >= 0.3 is 0 Å². The highest BCUT2D eigenvalue weighted by molar-refractivity contribution is 9.10. The van der Waals surface area contributed by atoms with Gasteiger partial charge in [-0.15, -0.1) is 0 Å². The van der Waals surface area contributed by atoms with Crippen LogP contribution in [0.4, 0.5) is 5.69 Å². The number of carbonyl (C=O) groups excluding carboxylic acids is 1. The molecule has 2 rings (SSSR count). The fourth-order valence-electron chi connectivity index (χ4n) is 1.77. The zero-order chi connectivity index (χ0) is 15.2. The summed E-state index contributed by atoms with van der Waals surface area (Å²) in [6.45, 7) is 1.89. The maximum atomic E-state index is 12.3. The van der Waals surface area contributed by atoms with E-state index in [9.17, 15) is 4.79 Å². The first-order valence-corrected chi connectivity index (χ1v) is 7.75. The van der Waals surface area contributed by atoms with E-state index in [1.54, 1.807) is 12.1 Å². The minimum atomic E-state index is -0.589. The van der Waals surface area contributed by atoms with E-state index in [1.807, 2.05) is 43.3 Å². The van der Waals surface area contributed by atoms with E-state index in [2.05, 4.69) is 21.2 Å². The summed E-state index contributed by atoms with van der Waals surface area (Å²) >= 11 is 9.40. The summed E-state index contributed by atoms with van der Waals surface area (Å²) in [5, 5.41) is 3.32. The predicted molar refractivity (Wildman–Crippen MR) is 88.9 cm³/mol. The molecule has 1 amide bonds. The Kier molecular flexibility index (Phi) is 5.65. The summed E-state index contributed by atoms with van der Waals surface area (Å²) in [5.41, 5.74) is 0.726. The zero-order valence-corrected chi connectivity index (χ0v) is 13.8. The topological polar surface area (TPSA) is 38.3 Å². The summed E-state index contributed by atoms with van der Waals surface area (Å²) < 4.78 is 6.66. The van der Waals surface area contributed by atoms with Gasteiger partial charge < -0.3 is 10.1 Å². The van der Waals surface area contributed by atoms with Crippen LogP contribution in [0.25, 0.3) is 0 Å². The molecule has 21 heavy (non-hydrogen) atoms. The molecule has 0 fully saturated rings. The monoisotopic (exact) mass is 367 g/mol. The zero-order valence-electron chi connectivity index (χ0n) is 11.5. The lowest BCUT2D eigenvalue weighted by atomic mass is 10.2. The van der Waals surface area contributed by atoms with Gasteiger partial charge in [-0.3, -0.25) is 4.79 Å². The van der Waals surface area contributed by atoms with E-state index in [4.69, 9.17) is 16.3 Å². The number of amides is 1. The highest BCUT2D eigenvalue weighted by Crippen LogP contribution is 2.25. The van der Waals surface area contributed by atoms with Crippen LogP contribution >= 0.6 is 27.5 Å². The fourth-order valence-corrected chi connectivity index (χ4v) is 2.22. The average molecular weight is 369 g/mol. The van der Waals surface area contributed by atoms with Crippen molar-refractivity contribution >= 4 is 39.1 Å². The van der Waals surface area contributed by atoms with Crippen LogP contribution in [0.15, 0.2) is 53.0 Å². The minimum Gasteiger partial charge on any atom is -0.479 e. The van der Waals surface area contributed by atoms with Crippen LogP contribution in [0.1, 0.15) is 13.3 Å². The van der Waals surface area contributed by atoms with Gasteiger partial charge in [0.05, 0.1) is 5.02 Å². The molecule has 0 aromatic heterocycles. The number of para-hydroxylation sites is 1. The molecule has 0 heterocycles. The van der Waals surface area contributed by atoms with E-state index >= 15 is 0 Å². The van der Waals surface area contributed by atoms with Crippen LogP contribution in [0, 0.1) is 0 Å². The number of hydrogen-bond acceptors (Lipinski definition) is 2. The van der Waals surface area contributed by atoms with Gasteiger partial charge in [0, 0.05) is 10.2 Å². The molecule has 0 saturated heterocycles. The molecule has 0 aliphatic carbocycles. The average Bonchev–Trinajstić information content (AvgIpc) is 2.48. The number of carbonyl (C=O) groups is 1. The molecular weight excluding hydrogens is 354 g/mol. The molecule has 2 aromatic carbocycles. The van der Waals surface area contributed by atoms with Crippen molar-refractivity contribution in [1.82, 2.24) is 0 Å². The van der Waals surface area contributed by atoms with Gasteiger partial charge in [-0.1, -0.05) is 46.6 Å². The number of halogens is 2. The highest BCUT2D eigenvalue weighted by atomic mass is 79.9. The van der Waals surface area contributed by atoms with Crippen LogP contribution in [0.5, 0.6) is 5.75 Å². The first-order valence-electron chi connectivity index (χ1n) is 6.57. The number of rotatable bonds is 5. The second kappa shape index (κ2) is 7.48. The standard InChI is InChI=1S/C16H15BrClNO2/c1-2-14(21-15-6-4-3-5-13(15)18)16(20)19-12-9-7-11(17)8-10-12/h3-10,14H,2H2,1H3,(H,19,20). The van der Waals surface area contributed by atoms with Gasteiger partial charge in [-0.2, -0.15) is 0 Å². The molecule has 1 unspecified atom stereocenters. The molecule has 1 N–H and O–H groups in total. The van der Waals surface area contributed by atoms with Crippen molar-refractivity contribution in [2.75, 3.05) is 5.32 Å². The molecule has 2 aromatic rings. The molecular formula is C16H15BrClNO2. The Morgan fingerprint density at radius 3 is 2.52 bits per heavy atom. The number of ether oxygens (including phenoxy) is 1. The molecule has 3 nitrogen and oxygen atoms in total. The maximum absolute atomic E-state index is 12.3. The van der Waals surface area contributed by atoms with Crippen LogP contribution in [-0.4, -0.2) is 12.0 Å². The molecule has 0 spiro atoms. The lowest BCUT2D eigenvalue weighted by Crippen LogP contribution is -2.32. The number of nitrogens with one attached hydrogen (secondary N) is 1. The quantitative estimate of drug-likeness (QED) is 0.815. The van der Waals surface area contributed by atoms with Crippen molar-refractivity contribution in [3.05, 3.63) is 58.0 Å². The molecule has 5 heteroatoms. The molecule has 0 aliphatic heterocycles. The Labute approximate surface area is 137 Å². The van der Waals surface area contributed by atoms with Crippen LogP contribution in [0.2, 0.25) is 5.02 Å². The molecule has 1 atom stereocenters. The van der Waals surface area contributed by atoms with E-state index in [-0.39, 0.29) is 5.91 Å². The minimum absolute atomic E-state index is 0.195. The maximum Gasteiger partial charge on any atom is 0.265 e. The van der Waals surface area contributed by atoms with Crippen LogP contribution in [0.3, 0.4) is 0 Å². The highest BCUT2D eigenvalue weighted by Gasteiger charge is 2.19. The molecule has 0 radical (unpaired) electrons. The molecule has 110 valence electrons. The molecule has 0 aliphatic rings. The summed E-state index contributed by atoms with van der Waals surface area (Å²) in [5.74, 6) is 0.316. The predicted octanol–water partition coefficient (Wildman–Crippen LogP) is 4.90. The van der Waals surface area contributed by atoms with E-state index in [1.165, 1.54) is 0 Å². The van der Waals surface area contributed by atoms with E-state index < -0.39 is 6.10 Å². The number of hydrogen-bond donors (Lipinski definition) is 1. The van der Waals surface area contributed by atoms with E-state index in [0.29, 0.717) is 17.2 Å². The van der Waals surface area contributed by atoms with Gasteiger partial charge in [0.1, 0.15) is 5.75 Å². The summed E-state index contributed by atoms with van der Waals surface area (Å²) in [6.07, 6.45) is -0.0401. The normalized spacial score (nSPS) is 11.8. The van der Waals surface area contributed by atoms with Crippen molar-refractivity contribution < 1.29 is 9.53 Å². The Hall–Kier alpha value is -1.52. The Bertz CT molecular complexity index is 616. The lowest BCUT2D eigenvalue weighted by Gasteiger charge is -2.18. The fraction of sp³-hybridized carbons (Fsp3) is 0.188.